The van der Waals surface area contributed by atoms with Crippen molar-refractivity contribution in [2.75, 3.05) is 5.32 Å². The number of para-hydroxylation sites is 1. The maximum absolute atomic E-state index is 9.09. The lowest BCUT2D eigenvalue weighted by molar-refractivity contribution is 0.737. The van der Waals surface area contributed by atoms with Gasteiger partial charge in [0, 0.05) is 13.2 Å². The van der Waals surface area contributed by atoms with Gasteiger partial charge in [-0.15, -0.1) is 15.3 Å². The minimum absolute atomic E-state index is 0.232. The molecule has 0 bridgehead atoms. The molecule has 0 saturated carbocycles. The summed E-state index contributed by atoms with van der Waals surface area (Å²) >= 11 is 0. The maximum Gasteiger partial charge on any atom is 0.216 e. The average Bonchev–Trinajstić information content (AvgIpc) is 3.11. The van der Waals surface area contributed by atoms with E-state index in [4.69, 9.17) is 5.26 Å². The summed E-state index contributed by atoms with van der Waals surface area (Å²) in [7, 11) is 1.80. The Labute approximate surface area is 112 Å². The van der Waals surface area contributed by atoms with E-state index in [2.05, 4.69) is 36.3 Å². The molecule has 0 saturated heterocycles. The van der Waals surface area contributed by atoms with Crippen LogP contribution < -0.4 is 5.32 Å². The summed E-state index contributed by atoms with van der Waals surface area (Å²) in [5.74, 6) is 0.232. The number of nitrogens with one attached hydrogen (secondary N) is 2. The maximum atomic E-state index is 9.09. The normalized spacial score (nSPS) is 11.5. The number of rotatable bonds is 3. The van der Waals surface area contributed by atoms with Crippen LogP contribution >= 0.6 is 0 Å². The van der Waals surface area contributed by atoms with Gasteiger partial charge in [-0.2, -0.15) is 10.5 Å². The zero-order valence-corrected chi connectivity index (χ0v) is 10.4. The third kappa shape index (κ3) is 1.95. The van der Waals surface area contributed by atoms with Crippen LogP contribution in [0.3, 0.4) is 0 Å². The quantitative estimate of drug-likeness (QED) is 0.661. The highest BCUT2D eigenvalue weighted by Crippen LogP contribution is 2.21. The fraction of sp³-hybridized carbons (Fsp3) is 0.0909. The Morgan fingerprint density at radius 1 is 1.45 bits per heavy atom. The summed E-state index contributed by atoms with van der Waals surface area (Å²) in [6.07, 6.45) is 1.52. The van der Waals surface area contributed by atoms with Crippen molar-refractivity contribution in [2.24, 2.45) is 7.05 Å². The van der Waals surface area contributed by atoms with E-state index >= 15 is 0 Å². The molecule has 20 heavy (non-hydrogen) atoms. The molecule has 0 unspecified atom stereocenters. The van der Waals surface area contributed by atoms with Crippen LogP contribution in [0.5, 0.6) is 0 Å². The molecule has 0 aliphatic rings. The molecule has 3 aromatic rings. The SMILES string of the molecule is Cn1nnc2cccc(NC=C(C#N)c3nn[nH]n3)c21. The topological polar surface area (TPSA) is 121 Å². The van der Waals surface area contributed by atoms with Crippen molar-refractivity contribution in [3.63, 3.8) is 0 Å². The molecule has 0 radical (unpaired) electrons. The van der Waals surface area contributed by atoms with Crippen molar-refractivity contribution in [3.8, 4) is 6.07 Å². The second-order valence-corrected chi connectivity index (χ2v) is 3.94. The van der Waals surface area contributed by atoms with Crippen molar-refractivity contribution in [1.29, 1.82) is 5.26 Å². The van der Waals surface area contributed by atoms with Gasteiger partial charge < -0.3 is 5.32 Å². The number of tetrazole rings is 1. The Bertz CT molecular complexity index is 806. The number of allylic oxidation sites excluding steroid dienone is 1. The molecule has 0 fully saturated rings. The van der Waals surface area contributed by atoms with Crippen LogP contribution in [0, 0.1) is 11.3 Å². The van der Waals surface area contributed by atoms with Gasteiger partial charge in [-0.05, 0) is 17.3 Å². The largest absolute Gasteiger partial charge is 0.358 e. The zero-order valence-electron chi connectivity index (χ0n) is 10.4. The third-order valence-corrected chi connectivity index (χ3v) is 2.70. The molecule has 0 amide bonds. The molecule has 1 aromatic carbocycles. The van der Waals surface area contributed by atoms with Crippen LogP contribution in [0.4, 0.5) is 5.69 Å². The molecule has 9 nitrogen and oxygen atoms in total. The number of fused-ring (bicyclic) bond motifs is 1. The van der Waals surface area contributed by atoms with Gasteiger partial charge in [-0.25, -0.2) is 4.68 Å². The third-order valence-electron chi connectivity index (χ3n) is 2.70. The first-order valence-corrected chi connectivity index (χ1v) is 5.68. The summed E-state index contributed by atoms with van der Waals surface area (Å²) in [4.78, 5) is 0. The Balaban J connectivity index is 1.98. The molecule has 2 N–H and O–H groups in total. The molecule has 0 spiro atoms. The Morgan fingerprint density at radius 3 is 3.10 bits per heavy atom. The fourth-order valence-electron chi connectivity index (χ4n) is 1.80. The van der Waals surface area contributed by atoms with Gasteiger partial charge in [0.15, 0.2) is 0 Å². The minimum Gasteiger partial charge on any atom is -0.358 e. The van der Waals surface area contributed by atoms with Crippen molar-refractivity contribution in [2.45, 2.75) is 0 Å². The number of nitriles is 1. The van der Waals surface area contributed by atoms with Gasteiger partial charge >= 0.3 is 0 Å². The highest BCUT2D eigenvalue weighted by molar-refractivity contribution is 5.89. The van der Waals surface area contributed by atoms with E-state index in [-0.39, 0.29) is 11.4 Å². The number of hydrogen-bond acceptors (Lipinski definition) is 7. The van der Waals surface area contributed by atoms with E-state index in [1.54, 1.807) is 11.7 Å². The van der Waals surface area contributed by atoms with Gasteiger partial charge in [-0.1, -0.05) is 11.3 Å². The Hall–Kier alpha value is -3.28. The monoisotopic (exact) mass is 267 g/mol. The summed E-state index contributed by atoms with van der Waals surface area (Å²) in [6, 6.07) is 7.59. The molecule has 3 rings (SSSR count). The number of aromatic nitrogens is 7. The van der Waals surface area contributed by atoms with E-state index in [1.807, 2.05) is 24.3 Å². The molecule has 0 aliphatic carbocycles. The van der Waals surface area contributed by atoms with Crippen LogP contribution in [0.2, 0.25) is 0 Å². The van der Waals surface area contributed by atoms with E-state index in [0.717, 1.165) is 16.7 Å². The van der Waals surface area contributed by atoms with E-state index in [1.165, 1.54) is 6.20 Å². The van der Waals surface area contributed by atoms with Gasteiger partial charge in [0.05, 0.1) is 5.69 Å². The predicted molar refractivity (Wildman–Crippen MR) is 69.9 cm³/mol. The van der Waals surface area contributed by atoms with Crippen LogP contribution in [-0.4, -0.2) is 35.6 Å². The van der Waals surface area contributed by atoms with Crippen molar-refractivity contribution in [3.05, 3.63) is 30.2 Å². The minimum atomic E-state index is 0.232. The van der Waals surface area contributed by atoms with Crippen LogP contribution in [0.1, 0.15) is 5.82 Å². The van der Waals surface area contributed by atoms with Crippen molar-refractivity contribution < 1.29 is 0 Å². The molecule has 98 valence electrons. The van der Waals surface area contributed by atoms with Crippen LogP contribution in [-0.2, 0) is 7.05 Å². The second kappa shape index (κ2) is 4.77. The number of H-pyrrole nitrogens is 1. The van der Waals surface area contributed by atoms with Gasteiger partial charge in [0.25, 0.3) is 0 Å². The summed E-state index contributed by atoms with van der Waals surface area (Å²) in [6.45, 7) is 0. The first-order valence-electron chi connectivity index (χ1n) is 5.68. The van der Waals surface area contributed by atoms with Gasteiger partial charge in [-0.3, -0.25) is 0 Å². The van der Waals surface area contributed by atoms with Crippen LogP contribution in [0.15, 0.2) is 24.4 Å². The standard InChI is InChI=1S/C11H9N9/c1-20-10-8(3-2-4-9(10)14-19-20)13-6-7(5-12)11-15-17-18-16-11/h2-4,6,13H,1H3,(H,15,16,17,18). The fourth-order valence-corrected chi connectivity index (χ4v) is 1.80. The number of benzene rings is 1. The molecular weight excluding hydrogens is 258 g/mol. The van der Waals surface area contributed by atoms with E-state index in [0.29, 0.717) is 0 Å². The number of aryl methyl sites for hydroxylation is 1. The summed E-state index contributed by atoms with van der Waals surface area (Å²) in [5.41, 5.74) is 2.66. The molecule has 2 heterocycles. The second-order valence-electron chi connectivity index (χ2n) is 3.94. The average molecular weight is 267 g/mol. The number of aromatic amines is 1. The van der Waals surface area contributed by atoms with Gasteiger partial charge in [0.2, 0.25) is 5.82 Å². The van der Waals surface area contributed by atoms with Crippen molar-refractivity contribution in [1.82, 2.24) is 35.6 Å². The number of anilines is 1. The molecule has 9 heteroatoms. The lowest BCUT2D eigenvalue weighted by atomic mass is 10.2. The Kier molecular flexibility index (Phi) is 2.81. The molecule has 0 atom stereocenters. The van der Waals surface area contributed by atoms with E-state index < -0.39 is 0 Å². The predicted octanol–water partition coefficient (Wildman–Crippen LogP) is 0.458. The lowest BCUT2D eigenvalue weighted by Gasteiger charge is -2.03. The smallest absolute Gasteiger partial charge is 0.216 e. The molecular formula is C11H9N9. The van der Waals surface area contributed by atoms with E-state index in [9.17, 15) is 0 Å². The molecule has 0 aliphatic heterocycles. The highest BCUT2D eigenvalue weighted by Gasteiger charge is 2.08. The number of nitrogens with zero attached hydrogens (tertiary/aromatic N) is 7. The van der Waals surface area contributed by atoms with Crippen molar-refractivity contribution >= 4 is 22.3 Å². The highest BCUT2D eigenvalue weighted by atomic mass is 15.5. The first kappa shape index (κ1) is 11.8. The zero-order chi connectivity index (χ0) is 13.9. The van der Waals surface area contributed by atoms with Gasteiger partial charge in [0.1, 0.15) is 22.7 Å². The molecule has 2 aromatic heterocycles. The van der Waals surface area contributed by atoms with Crippen LogP contribution in [0.25, 0.3) is 16.6 Å². The number of hydrogen-bond donors (Lipinski definition) is 2. The lowest BCUT2D eigenvalue weighted by Crippen LogP contribution is -1.97. The summed E-state index contributed by atoms with van der Waals surface area (Å²) in [5, 5.41) is 33.4. The first-order chi connectivity index (χ1) is 9.79. The summed E-state index contributed by atoms with van der Waals surface area (Å²) < 4.78 is 1.66. The Morgan fingerprint density at radius 2 is 2.35 bits per heavy atom.